The largest absolute Gasteiger partial charge is 0.497 e. The van der Waals surface area contributed by atoms with E-state index in [1.165, 1.54) is 0 Å². The molecule has 4 heteroatoms. The molecule has 0 aliphatic heterocycles. The van der Waals surface area contributed by atoms with Crippen LogP contribution in [0.4, 0.5) is 0 Å². The SMILES string of the molecule is COc1ccc(C=C[C@H](CO)[C@H](O)c2ccc(OC)cc2)cc1. The fraction of sp³-hybridized carbons (Fsp3) is 0.263. The predicted molar refractivity (Wildman–Crippen MR) is 90.6 cm³/mol. The molecule has 0 saturated carbocycles. The van der Waals surface area contributed by atoms with Crippen molar-refractivity contribution in [2.75, 3.05) is 20.8 Å². The van der Waals surface area contributed by atoms with Crippen molar-refractivity contribution in [3.63, 3.8) is 0 Å². The summed E-state index contributed by atoms with van der Waals surface area (Å²) in [6.07, 6.45) is 2.92. The van der Waals surface area contributed by atoms with Gasteiger partial charge in [0, 0.05) is 5.92 Å². The van der Waals surface area contributed by atoms with E-state index < -0.39 is 6.10 Å². The van der Waals surface area contributed by atoms with Crippen LogP contribution in [0.15, 0.2) is 54.6 Å². The molecule has 2 atom stereocenters. The lowest BCUT2D eigenvalue weighted by molar-refractivity contribution is 0.0923. The van der Waals surface area contributed by atoms with E-state index in [1.54, 1.807) is 38.5 Å². The standard InChI is InChI=1S/C19H22O4/c1-22-17-9-4-14(5-10-17)3-6-16(13-20)19(21)15-7-11-18(23-2)12-8-15/h3-12,16,19-21H,13H2,1-2H3/t16-,19-/m1/s1. The van der Waals surface area contributed by atoms with Gasteiger partial charge in [0.15, 0.2) is 0 Å². The molecule has 0 heterocycles. The molecular weight excluding hydrogens is 292 g/mol. The van der Waals surface area contributed by atoms with Gasteiger partial charge in [-0.05, 0) is 35.4 Å². The van der Waals surface area contributed by atoms with Gasteiger partial charge in [-0.2, -0.15) is 0 Å². The number of ether oxygens (including phenoxy) is 2. The first kappa shape index (κ1) is 17.1. The van der Waals surface area contributed by atoms with Crippen molar-refractivity contribution in [1.29, 1.82) is 0 Å². The maximum Gasteiger partial charge on any atom is 0.118 e. The van der Waals surface area contributed by atoms with Gasteiger partial charge in [-0.1, -0.05) is 36.4 Å². The second-order valence-corrected chi connectivity index (χ2v) is 5.20. The van der Waals surface area contributed by atoms with E-state index in [4.69, 9.17) is 9.47 Å². The van der Waals surface area contributed by atoms with Crippen molar-refractivity contribution in [3.05, 3.63) is 65.7 Å². The highest BCUT2D eigenvalue weighted by Gasteiger charge is 2.17. The van der Waals surface area contributed by atoms with Gasteiger partial charge in [-0.25, -0.2) is 0 Å². The van der Waals surface area contributed by atoms with Gasteiger partial charge in [-0.15, -0.1) is 0 Å². The fourth-order valence-corrected chi connectivity index (χ4v) is 2.26. The highest BCUT2D eigenvalue weighted by atomic mass is 16.5. The Labute approximate surface area is 136 Å². The van der Waals surface area contributed by atoms with Crippen LogP contribution in [-0.2, 0) is 0 Å². The Morgan fingerprint density at radius 2 is 1.43 bits per heavy atom. The van der Waals surface area contributed by atoms with Gasteiger partial charge in [0.1, 0.15) is 11.5 Å². The zero-order valence-corrected chi connectivity index (χ0v) is 13.3. The zero-order chi connectivity index (χ0) is 16.7. The minimum Gasteiger partial charge on any atom is -0.497 e. The normalized spacial score (nSPS) is 13.7. The average molecular weight is 314 g/mol. The van der Waals surface area contributed by atoms with Crippen molar-refractivity contribution in [2.45, 2.75) is 6.10 Å². The maximum atomic E-state index is 10.4. The van der Waals surface area contributed by atoms with E-state index in [0.717, 1.165) is 22.6 Å². The van der Waals surface area contributed by atoms with Crippen LogP contribution in [0.3, 0.4) is 0 Å². The molecule has 122 valence electrons. The molecule has 0 aliphatic rings. The Hall–Kier alpha value is -2.30. The molecule has 2 rings (SSSR count). The number of benzene rings is 2. The molecular formula is C19H22O4. The Bertz CT molecular complexity index is 617. The van der Waals surface area contributed by atoms with Crippen LogP contribution in [0.1, 0.15) is 17.2 Å². The molecule has 2 N–H and O–H groups in total. The number of methoxy groups -OCH3 is 2. The quantitative estimate of drug-likeness (QED) is 0.824. The van der Waals surface area contributed by atoms with Crippen molar-refractivity contribution in [3.8, 4) is 11.5 Å². The van der Waals surface area contributed by atoms with E-state index in [1.807, 2.05) is 36.4 Å². The van der Waals surface area contributed by atoms with Crippen LogP contribution >= 0.6 is 0 Å². The van der Waals surface area contributed by atoms with Crippen molar-refractivity contribution in [1.82, 2.24) is 0 Å². The number of hydrogen-bond acceptors (Lipinski definition) is 4. The molecule has 2 aromatic rings. The Balaban J connectivity index is 2.09. The van der Waals surface area contributed by atoms with Crippen molar-refractivity contribution >= 4 is 6.08 Å². The lowest BCUT2D eigenvalue weighted by Gasteiger charge is -2.18. The summed E-state index contributed by atoms with van der Waals surface area (Å²) in [5.74, 6) is 1.14. The Morgan fingerprint density at radius 1 is 0.913 bits per heavy atom. The van der Waals surface area contributed by atoms with Crippen LogP contribution < -0.4 is 9.47 Å². The zero-order valence-electron chi connectivity index (χ0n) is 13.3. The summed E-state index contributed by atoms with van der Waals surface area (Å²) in [7, 11) is 3.22. The smallest absolute Gasteiger partial charge is 0.118 e. The van der Waals surface area contributed by atoms with E-state index in [2.05, 4.69) is 0 Å². The molecule has 0 aromatic heterocycles. The third-order valence-electron chi connectivity index (χ3n) is 3.73. The minimum atomic E-state index is -0.777. The summed E-state index contributed by atoms with van der Waals surface area (Å²) in [6, 6.07) is 14.8. The summed E-state index contributed by atoms with van der Waals surface area (Å²) in [5.41, 5.74) is 1.72. The first-order valence-corrected chi connectivity index (χ1v) is 7.43. The lowest BCUT2D eigenvalue weighted by atomic mass is 9.95. The van der Waals surface area contributed by atoms with Crippen LogP contribution in [0.2, 0.25) is 0 Å². The highest BCUT2D eigenvalue weighted by molar-refractivity contribution is 5.51. The molecule has 23 heavy (non-hydrogen) atoms. The monoisotopic (exact) mass is 314 g/mol. The first-order chi connectivity index (χ1) is 11.2. The van der Waals surface area contributed by atoms with Crippen molar-refractivity contribution < 1.29 is 19.7 Å². The summed E-state index contributed by atoms with van der Waals surface area (Å²) >= 11 is 0. The molecule has 0 bridgehead atoms. The maximum absolute atomic E-state index is 10.4. The molecule has 0 saturated heterocycles. The molecule has 0 fully saturated rings. The lowest BCUT2D eigenvalue weighted by Crippen LogP contribution is -2.14. The van der Waals surface area contributed by atoms with Gasteiger partial charge < -0.3 is 19.7 Å². The number of hydrogen-bond donors (Lipinski definition) is 2. The van der Waals surface area contributed by atoms with Gasteiger partial charge in [0.2, 0.25) is 0 Å². The number of aliphatic hydroxyl groups excluding tert-OH is 2. The van der Waals surface area contributed by atoms with Gasteiger partial charge in [0.05, 0.1) is 26.9 Å². The second-order valence-electron chi connectivity index (χ2n) is 5.20. The van der Waals surface area contributed by atoms with Crippen LogP contribution in [-0.4, -0.2) is 31.0 Å². The van der Waals surface area contributed by atoms with Crippen molar-refractivity contribution in [2.24, 2.45) is 5.92 Å². The van der Waals surface area contributed by atoms with E-state index in [-0.39, 0.29) is 12.5 Å². The molecule has 0 radical (unpaired) electrons. The summed E-state index contributed by atoms with van der Waals surface area (Å²) in [5, 5.41) is 20.0. The number of rotatable bonds is 7. The third-order valence-corrected chi connectivity index (χ3v) is 3.73. The van der Waals surface area contributed by atoms with Gasteiger partial charge >= 0.3 is 0 Å². The summed E-state index contributed by atoms with van der Waals surface area (Å²) in [4.78, 5) is 0. The fourth-order valence-electron chi connectivity index (χ4n) is 2.26. The number of aliphatic hydroxyl groups is 2. The predicted octanol–water partition coefficient (Wildman–Crippen LogP) is 3.06. The van der Waals surface area contributed by atoms with Crippen LogP contribution in [0.5, 0.6) is 11.5 Å². The molecule has 2 aromatic carbocycles. The molecule has 0 amide bonds. The summed E-state index contributed by atoms with van der Waals surface area (Å²) < 4.78 is 10.2. The average Bonchev–Trinajstić information content (AvgIpc) is 2.62. The molecule has 0 spiro atoms. The Kier molecular flexibility index (Phi) is 6.20. The van der Waals surface area contributed by atoms with Gasteiger partial charge in [-0.3, -0.25) is 0 Å². The second kappa shape index (κ2) is 8.36. The molecule has 0 unspecified atom stereocenters. The van der Waals surface area contributed by atoms with Gasteiger partial charge in [0.25, 0.3) is 0 Å². The third kappa shape index (κ3) is 4.58. The topological polar surface area (TPSA) is 58.9 Å². The molecule has 0 aliphatic carbocycles. The molecule has 4 nitrogen and oxygen atoms in total. The van der Waals surface area contributed by atoms with E-state index in [9.17, 15) is 10.2 Å². The van der Waals surface area contributed by atoms with Crippen LogP contribution in [0, 0.1) is 5.92 Å². The Morgan fingerprint density at radius 3 is 1.91 bits per heavy atom. The first-order valence-electron chi connectivity index (χ1n) is 7.43. The minimum absolute atomic E-state index is 0.139. The summed E-state index contributed by atoms with van der Waals surface area (Å²) in [6.45, 7) is -0.139. The van der Waals surface area contributed by atoms with E-state index >= 15 is 0 Å². The highest BCUT2D eigenvalue weighted by Crippen LogP contribution is 2.25. The van der Waals surface area contributed by atoms with E-state index in [0.29, 0.717) is 0 Å². The van der Waals surface area contributed by atoms with Crippen LogP contribution in [0.25, 0.3) is 6.08 Å².